The van der Waals surface area contributed by atoms with Crippen LogP contribution in [0.2, 0.25) is 0 Å². The van der Waals surface area contributed by atoms with Gasteiger partial charge in [-0.25, -0.2) is 0 Å². The molecule has 2 atom stereocenters. The van der Waals surface area contributed by atoms with Crippen molar-refractivity contribution in [2.24, 2.45) is 5.92 Å². The van der Waals surface area contributed by atoms with E-state index < -0.39 is 6.10 Å². The molecule has 0 aliphatic carbocycles. The van der Waals surface area contributed by atoms with Crippen molar-refractivity contribution in [3.8, 4) is 0 Å². The van der Waals surface area contributed by atoms with E-state index in [1.807, 2.05) is 27.7 Å². The van der Waals surface area contributed by atoms with E-state index >= 15 is 0 Å². The van der Waals surface area contributed by atoms with Gasteiger partial charge in [0.05, 0.1) is 0 Å². The summed E-state index contributed by atoms with van der Waals surface area (Å²) in [5, 5.41) is 12.1. The van der Waals surface area contributed by atoms with Crippen LogP contribution in [-0.4, -0.2) is 23.2 Å². The number of hydrogen-bond acceptors (Lipinski definition) is 2. The highest BCUT2D eigenvalue weighted by molar-refractivity contribution is 5.80. The van der Waals surface area contributed by atoms with Crippen LogP contribution in [0.25, 0.3) is 0 Å². The van der Waals surface area contributed by atoms with Crippen molar-refractivity contribution in [2.45, 2.75) is 46.3 Å². The topological polar surface area (TPSA) is 49.3 Å². The lowest BCUT2D eigenvalue weighted by Crippen LogP contribution is -2.41. The normalized spacial score (nSPS) is 15.8. The molecule has 72 valence electrons. The van der Waals surface area contributed by atoms with Gasteiger partial charge < -0.3 is 10.4 Å². The Morgan fingerprint density at radius 3 is 2.25 bits per heavy atom. The van der Waals surface area contributed by atoms with Crippen molar-refractivity contribution >= 4 is 5.91 Å². The smallest absolute Gasteiger partial charge is 0.249 e. The number of nitrogens with one attached hydrogen (secondary N) is 1. The molecule has 0 heterocycles. The number of aliphatic hydroxyl groups excluding tert-OH is 1. The van der Waals surface area contributed by atoms with Gasteiger partial charge in [-0.15, -0.1) is 0 Å². The summed E-state index contributed by atoms with van der Waals surface area (Å²) in [6.07, 6.45) is -0.0513. The Balaban J connectivity index is 3.92. The van der Waals surface area contributed by atoms with Crippen LogP contribution >= 0.6 is 0 Å². The van der Waals surface area contributed by atoms with Crippen LogP contribution in [0.15, 0.2) is 0 Å². The zero-order valence-electron chi connectivity index (χ0n) is 8.29. The number of carbonyl (C=O) groups is 1. The molecule has 0 fully saturated rings. The second kappa shape index (κ2) is 5.14. The Bertz CT molecular complexity index is 145. The highest BCUT2D eigenvalue weighted by Crippen LogP contribution is 2.07. The van der Waals surface area contributed by atoms with Gasteiger partial charge in [0.1, 0.15) is 6.10 Å². The molecule has 3 heteroatoms. The maximum absolute atomic E-state index is 11.2. The Labute approximate surface area is 74.2 Å². The third-order valence-corrected chi connectivity index (χ3v) is 1.88. The van der Waals surface area contributed by atoms with Gasteiger partial charge in [-0.3, -0.25) is 4.79 Å². The minimum Gasteiger partial charge on any atom is -0.383 e. The predicted molar refractivity (Wildman–Crippen MR) is 48.7 cm³/mol. The molecule has 0 aliphatic rings. The lowest BCUT2D eigenvalue weighted by molar-refractivity contribution is -0.132. The van der Waals surface area contributed by atoms with Crippen molar-refractivity contribution in [3.63, 3.8) is 0 Å². The van der Waals surface area contributed by atoms with E-state index in [1.54, 1.807) is 0 Å². The minimum atomic E-state index is -0.864. The summed E-state index contributed by atoms with van der Waals surface area (Å²) in [7, 11) is 0. The van der Waals surface area contributed by atoms with Crippen LogP contribution in [0.5, 0.6) is 0 Å². The molecule has 0 spiro atoms. The molecule has 12 heavy (non-hydrogen) atoms. The fourth-order valence-corrected chi connectivity index (χ4v) is 0.852. The van der Waals surface area contributed by atoms with Crippen molar-refractivity contribution in [1.82, 2.24) is 5.32 Å². The van der Waals surface area contributed by atoms with Crippen LogP contribution in [0.4, 0.5) is 0 Å². The maximum Gasteiger partial charge on any atom is 0.249 e. The number of amides is 1. The summed E-state index contributed by atoms with van der Waals surface area (Å²) in [4.78, 5) is 11.2. The van der Waals surface area contributed by atoms with E-state index in [-0.39, 0.29) is 17.9 Å². The summed E-state index contributed by atoms with van der Waals surface area (Å²) in [5.41, 5.74) is 0. The third kappa shape index (κ3) is 3.72. The van der Waals surface area contributed by atoms with Crippen molar-refractivity contribution in [2.75, 3.05) is 0 Å². The number of rotatable bonds is 4. The molecule has 0 saturated heterocycles. The third-order valence-electron chi connectivity index (χ3n) is 1.88. The van der Waals surface area contributed by atoms with Gasteiger partial charge in [-0.2, -0.15) is 0 Å². The Hall–Kier alpha value is -0.570. The zero-order valence-corrected chi connectivity index (χ0v) is 8.29. The van der Waals surface area contributed by atoms with E-state index in [9.17, 15) is 9.90 Å². The summed E-state index contributed by atoms with van der Waals surface area (Å²) < 4.78 is 0. The molecule has 0 bridgehead atoms. The molecule has 2 unspecified atom stereocenters. The first kappa shape index (κ1) is 11.4. The Morgan fingerprint density at radius 1 is 1.42 bits per heavy atom. The first-order valence-electron chi connectivity index (χ1n) is 4.47. The molecule has 3 nitrogen and oxygen atoms in total. The molecular formula is C9H19NO2. The number of carbonyl (C=O) groups excluding carboxylic acids is 1. The van der Waals surface area contributed by atoms with E-state index in [1.165, 1.54) is 0 Å². The number of aliphatic hydroxyl groups is 1. The summed E-state index contributed by atoms with van der Waals surface area (Å²) in [6, 6.07) is 0.0937. The van der Waals surface area contributed by atoms with Gasteiger partial charge in [-0.05, 0) is 19.8 Å². The minimum absolute atomic E-state index is 0.0312. The summed E-state index contributed by atoms with van der Waals surface area (Å²) >= 11 is 0. The molecule has 0 aromatic heterocycles. The van der Waals surface area contributed by atoms with Crippen LogP contribution in [0, 0.1) is 5.92 Å². The molecule has 0 rings (SSSR count). The second-order valence-corrected chi connectivity index (χ2v) is 3.49. The van der Waals surface area contributed by atoms with E-state index in [4.69, 9.17) is 0 Å². The van der Waals surface area contributed by atoms with Crippen LogP contribution in [0.1, 0.15) is 34.1 Å². The van der Waals surface area contributed by atoms with Crippen molar-refractivity contribution in [3.05, 3.63) is 0 Å². The second-order valence-electron chi connectivity index (χ2n) is 3.49. The fraction of sp³-hybridized carbons (Fsp3) is 0.889. The molecule has 0 aromatic carbocycles. The van der Waals surface area contributed by atoms with Crippen LogP contribution in [-0.2, 0) is 4.79 Å². The lowest BCUT2D eigenvalue weighted by Gasteiger charge is -2.18. The SMILES string of the molecule is CCC(C)C(O)C(=O)NC(C)C. The van der Waals surface area contributed by atoms with E-state index in [0.717, 1.165) is 6.42 Å². The highest BCUT2D eigenvalue weighted by atomic mass is 16.3. The first-order chi connectivity index (χ1) is 5.49. The van der Waals surface area contributed by atoms with Crippen LogP contribution in [0.3, 0.4) is 0 Å². The zero-order chi connectivity index (χ0) is 9.72. The molecule has 1 amide bonds. The van der Waals surface area contributed by atoms with Gasteiger partial charge in [0.2, 0.25) is 5.91 Å². The highest BCUT2D eigenvalue weighted by Gasteiger charge is 2.20. The molecule has 0 saturated carbocycles. The van der Waals surface area contributed by atoms with Crippen molar-refractivity contribution < 1.29 is 9.90 Å². The van der Waals surface area contributed by atoms with Gasteiger partial charge in [0.15, 0.2) is 0 Å². The largest absolute Gasteiger partial charge is 0.383 e. The number of hydrogen-bond donors (Lipinski definition) is 2. The standard InChI is InChI=1S/C9H19NO2/c1-5-7(4)8(11)9(12)10-6(2)3/h6-8,11H,5H2,1-4H3,(H,10,12). The van der Waals surface area contributed by atoms with Gasteiger partial charge in [0.25, 0.3) is 0 Å². The van der Waals surface area contributed by atoms with E-state index in [2.05, 4.69) is 5.32 Å². The quantitative estimate of drug-likeness (QED) is 0.664. The summed E-state index contributed by atoms with van der Waals surface area (Å²) in [6.45, 7) is 7.57. The average molecular weight is 173 g/mol. The Morgan fingerprint density at radius 2 is 1.92 bits per heavy atom. The molecule has 0 aliphatic heterocycles. The van der Waals surface area contributed by atoms with Gasteiger partial charge >= 0.3 is 0 Å². The monoisotopic (exact) mass is 173 g/mol. The molecule has 2 N–H and O–H groups in total. The summed E-state index contributed by atoms with van der Waals surface area (Å²) in [5.74, 6) is -0.233. The lowest BCUT2D eigenvalue weighted by atomic mass is 10.0. The molecular weight excluding hydrogens is 154 g/mol. The predicted octanol–water partition coefficient (Wildman–Crippen LogP) is 0.918. The molecule has 0 aromatic rings. The van der Waals surface area contributed by atoms with Crippen LogP contribution < -0.4 is 5.32 Å². The first-order valence-corrected chi connectivity index (χ1v) is 4.47. The van der Waals surface area contributed by atoms with Gasteiger partial charge in [0, 0.05) is 6.04 Å². The molecule has 0 radical (unpaired) electrons. The van der Waals surface area contributed by atoms with E-state index in [0.29, 0.717) is 0 Å². The average Bonchev–Trinajstić information content (AvgIpc) is 2.00. The fourth-order valence-electron chi connectivity index (χ4n) is 0.852. The van der Waals surface area contributed by atoms with Crippen molar-refractivity contribution in [1.29, 1.82) is 0 Å². The maximum atomic E-state index is 11.2. The Kier molecular flexibility index (Phi) is 4.90. The van der Waals surface area contributed by atoms with Gasteiger partial charge in [-0.1, -0.05) is 20.3 Å².